The number of hydrogen-bond acceptors (Lipinski definition) is 4. The molecule has 0 saturated heterocycles. The molecular weight excluding hydrogens is 354 g/mol. The molecule has 0 fully saturated rings. The van der Waals surface area contributed by atoms with E-state index in [1.54, 1.807) is 24.1 Å². The van der Waals surface area contributed by atoms with Gasteiger partial charge in [-0.2, -0.15) is 5.10 Å². The third kappa shape index (κ3) is 3.73. The number of benzene rings is 2. The molecule has 7 nitrogen and oxygen atoms in total. The molecule has 0 saturated carbocycles. The number of hydrogen-bond donors (Lipinski definition) is 1. The number of aryl methyl sites for hydroxylation is 1. The van der Waals surface area contributed by atoms with E-state index >= 15 is 0 Å². The predicted octanol–water partition coefficient (Wildman–Crippen LogP) is 3.05. The quantitative estimate of drug-likeness (QED) is 0.504. The lowest BCUT2D eigenvalue weighted by molar-refractivity contribution is 0.0947. The Kier molecular flexibility index (Phi) is 5.05. The zero-order valence-corrected chi connectivity index (χ0v) is 15.6. The van der Waals surface area contributed by atoms with Crippen LogP contribution in [0.5, 0.6) is 5.75 Å². The Morgan fingerprint density at radius 1 is 1.11 bits per heavy atom. The fourth-order valence-electron chi connectivity index (χ4n) is 3.05. The predicted molar refractivity (Wildman–Crippen MR) is 107 cm³/mol. The highest BCUT2D eigenvalue weighted by molar-refractivity contribution is 5.92. The first-order chi connectivity index (χ1) is 13.7. The zero-order valence-electron chi connectivity index (χ0n) is 15.6. The van der Waals surface area contributed by atoms with Crippen LogP contribution in [-0.2, 0) is 6.54 Å². The van der Waals surface area contributed by atoms with Crippen LogP contribution in [0, 0.1) is 0 Å². The molecule has 0 radical (unpaired) electrons. The Morgan fingerprint density at radius 2 is 1.93 bits per heavy atom. The van der Waals surface area contributed by atoms with Crippen LogP contribution in [0.3, 0.4) is 0 Å². The number of imidazole rings is 1. The maximum Gasteiger partial charge on any atom is 0.271 e. The molecule has 0 aliphatic heterocycles. The average Bonchev–Trinajstić information content (AvgIpc) is 3.39. The molecule has 1 amide bonds. The minimum atomic E-state index is -0.178. The number of nitrogens with zero attached hydrogens (tertiary/aromatic N) is 4. The maximum atomic E-state index is 12.3. The average molecular weight is 375 g/mol. The van der Waals surface area contributed by atoms with E-state index in [4.69, 9.17) is 4.74 Å². The van der Waals surface area contributed by atoms with E-state index in [-0.39, 0.29) is 5.91 Å². The normalized spacial score (nSPS) is 10.9. The monoisotopic (exact) mass is 375 g/mol. The van der Waals surface area contributed by atoms with Crippen LogP contribution in [0.1, 0.15) is 16.9 Å². The Balaban J connectivity index is 1.31. The number of carbonyl (C=O) groups is 1. The molecule has 4 rings (SSSR count). The van der Waals surface area contributed by atoms with Crippen molar-refractivity contribution in [1.82, 2.24) is 24.6 Å². The van der Waals surface area contributed by atoms with Crippen molar-refractivity contribution in [3.8, 4) is 11.4 Å². The Labute approximate surface area is 162 Å². The second kappa shape index (κ2) is 7.96. The number of rotatable bonds is 7. The summed E-state index contributed by atoms with van der Waals surface area (Å²) in [6.07, 6.45) is 4.42. The van der Waals surface area contributed by atoms with Crippen molar-refractivity contribution in [3.05, 3.63) is 72.8 Å². The largest absolute Gasteiger partial charge is 0.497 e. The summed E-state index contributed by atoms with van der Waals surface area (Å²) >= 11 is 0. The molecule has 0 aliphatic rings. The van der Waals surface area contributed by atoms with Gasteiger partial charge in [0.25, 0.3) is 5.91 Å². The highest BCUT2D eigenvalue weighted by atomic mass is 16.5. The number of methoxy groups -OCH3 is 1. The third-order valence-electron chi connectivity index (χ3n) is 4.55. The van der Waals surface area contributed by atoms with E-state index in [9.17, 15) is 4.79 Å². The highest BCUT2D eigenvalue weighted by Gasteiger charge is 2.10. The smallest absolute Gasteiger partial charge is 0.271 e. The summed E-state index contributed by atoms with van der Waals surface area (Å²) in [6, 6.07) is 17.2. The van der Waals surface area contributed by atoms with E-state index in [1.165, 1.54) is 0 Å². The highest BCUT2D eigenvalue weighted by Crippen LogP contribution is 2.15. The lowest BCUT2D eigenvalue weighted by Crippen LogP contribution is -2.25. The number of para-hydroxylation sites is 2. The molecule has 0 atom stereocenters. The van der Waals surface area contributed by atoms with E-state index < -0.39 is 0 Å². The number of nitrogens with one attached hydrogen (secondary N) is 1. The van der Waals surface area contributed by atoms with Gasteiger partial charge in [-0.25, -0.2) is 9.67 Å². The zero-order chi connectivity index (χ0) is 19.3. The number of carbonyl (C=O) groups excluding carboxylic acids is 1. The van der Waals surface area contributed by atoms with Crippen molar-refractivity contribution in [2.45, 2.75) is 13.0 Å². The Bertz CT molecular complexity index is 1080. The molecular formula is C21H21N5O2. The molecule has 4 aromatic rings. The first kappa shape index (κ1) is 17.8. The second-order valence-electron chi connectivity index (χ2n) is 6.38. The van der Waals surface area contributed by atoms with Crippen molar-refractivity contribution in [2.75, 3.05) is 13.7 Å². The molecule has 0 spiro atoms. The van der Waals surface area contributed by atoms with Crippen LogP contribution < -0.4 is 10.1 Å². The summed E-state index contributed by atoms with van der Waals surface area (Å²) in [5, 5.41) is 7.28. The van der Waals surface area contributed by atoms with Crippen LogP contribution in [0.25, 0.3) is 16.7 Å². The van der Waals surface area contributed by atoms with Gasteiger partial charge in [0, 0.05) is 19.3 Å². The van der Waals surface area contributed by atoms with Gasteiger partial charge in [0.1, 0.15) is 5.75 Å². The van der Waals surface area contributed by atoms with Gasteiger partial charge in [-0.05, 0) is 48.9 Å². The standard InChI is InChI=1S/C21H21N5O2/c1-28-17-9-7-16(8-10-17)26-14-11-19(24-26)21(27)22-12-4-13-25-15-23-18-5-2-3-6-20(18)25/h2-3,5-11,14-15H,4,12-13H2,1H3,(H,22,27). The summed E-state index contributed by atoms with van der Waals surface area (Å²) in [7, 11) is 1.63. The molecule has 2 heterocycles. The minimum absolute atomic E-state index is 0.178. The van der Waals surface area contributed by atoms with Gasteiger partial charge in [0.05, 0.1) is 30.2 Å². The summed E-state index contributed by atoms with van der Waals surface area (Å²) in [4.78, 5) is 16.7. The lowest BCUT2D eigenvalue weighted by Gasteiger charge is -2.06. The van der Waals surface area contributed by atoms with Gasteiger partial charge in [-0.3, -0.25) is 4.79 Å². The molecule has 1 N–H and O–H groups in total. The minimum Gasteiger partial charge on any atom is -0.497 e. The molecule has 2 aromatic heterocycles. The van der Waals surface area contributed by atoms with Crippen LogP contribution >= 0.6 is 0 Å². The summed E-state index contributed by atoms with van der Waals surface area (Å²) in [5.74, 6) is 0.599. The van der Waals surface area contributed by atoms with Gasteiger partial charge in [-0.1, -0.05) is 12.1 Å². The van der Waals surface area contributed by atoms with Crippen LogP contribution in [0.2, 0.25) is 0 Å². The van der Waals surface area contributed by atoms with Crippen LogP contribution in [0.4, 0.5) is 0 Å². The van der Waals surface area contributed by atoms with Crippen molar-refractivity contribution < 1.29 is 9.53 Å². The third-order valence-corrected chi connectivity index (χ3v) is 4.55. The molecule has 0 aliphatic carbocycles. The SMILES string of the molecule is COc1ccc(-n2ccc(C(=O)NCCCn3cnc4ccccc43)n2)cc1. The van der Waals surface area contributed by atoms with Gasteiger partial charge < -0.3 is 14.6 Å². The number of ether oxygens (including phenoxy) is 1. The van der Waals surface area contributed by atoms with Crippen molar-refractivity contribution >= 4 is 16.9 Å². The Hall–Kier alpha value is -3.61. The number of fused-ring (bicyclic) bond motifs is 1. The van der Waals surface area contributed by atoms with Gasteiger partial charge >= 0.3 is 0 Å². The van der Waals surface area contributed by atoms with Gasteiger partial charge in [0.15, 0.2) is 5.69 Å². The molecule has 28 heavy (non-hydrogen) atoms. The fraction of sp³-hybridized carbons (Fsp3) is 0.190. The van der Waals surface area contributed by atoms with Gasteiger partial charge in [0.2, 0.25) is 0 Å². The molecule has 0 bridgehead atoms. The van der Waals surface area contributed by atoms with Crippen LogP contribution in [0.15, 0.2) is 67.1 Å². The summed E-state index contributed by atoms with van der Waals surface area (Å²) in [6.45, 7) is 1.36. The number of aromatic nitrogens is 4. The van der Waals surface area contributed by atoms with E-state index in [0.29, 0.717) is 12.2 Å². The fourth-order valence-corrected chi connectivity index (χ4v) is 3.05. The molecule has 7 heteroatoms. The second-order valence-corrected chi connectivity index (χ2v) is 6.38. The Morgan fingerprint density at radius 3 is 2.75 bits per heavy atom. The van der Waals surface area contributed by atoms with E-state index in [2.05, 4.69) is 20.0 Å². The first-order valence-electron chi connectivity index (χ1n) is 9.13. The van der Waals surface area contributed by atoms with Crippen molar-refractivity contribution in [3.63, 3.8) is 0 Å². The maximum absolute atomic E-state index is 12.3. The van der Waals surface area contributed by atoms with Crippen molar-refractivity contribution in [2.24, 2.45) is 0 Å². The molecule has 142 valence electrons. The molecule has 0 unspecified atom stereocenters. The number of amides is 1. The van der Waals surface area contributed by atoms with E-state index in [1.807, 2.05) is 54.9 Å². The molecule has 2 aromatic carbocycles. The summed E-state index contributed by atoms with van der Waals surface area (Å²) in [5.41, 5.74) is 3.35. The van der Waals surface area contributed by atoms with Crippen LogP contribution in [-0.4, -0.2) is 38.9 Å². The van der Waals surface area contributed by atoms with E-state index in [0.717, 1.165) is 35.4 Å². The lowest BCUT2D eigenvalue weighted by atomic mass is 10.3. The topological polar surface area (TPSA) is 74.0 Å². The first-order valence-corrected chi connectivity index (χ1v) is 9.13. The van der Waals surface area contributed by atoms with Gasteiger partial charge in [-0.15, -0.1) is 0 Å². The summed E-state index contributed by atoms with van der Waals surface area (Å²) < 4.78 is 8.92. The van der Waals surface area contributed by atoms with Crippen molar-refractivity contribution in [1.29, 1.82) is 0 Å².